The van der Waals surface area contributed by atoms with E-state index in [1.807, 2.05) is 24.3 Å². The van der Waals surface area contributed by atoms with Gasteiger partial charge in [0.25, 0.3) is 0 Å². The molecule has 0 radical (unpaired) electrons. The zero-order valence-electron chi connectivity index (χ0n) is 14.7. The fourth-order valence-electron chi connectivity index (χ4n) is 2.30. The minimum Gasteiger partial charge on any atom is -0.497 e. The molecule has 0 aliphatic rings. The van der Waals surface area contributed by atoms with E-state index in [9.17, 15) is 4.39 Å². The molecule has 0 saturated carbocycles. The second kappa shape index (κ2) is 8.66. The van der Waals surface area contributed by atoms with Gasteiger partial charge in [0, 0.05) is 11.9 Å². The third-order valence-electron chi connectivity index (χ3n) is 3.65. The molecular weight excluding hydrogens is 347 g/mol. The normalized spacial score (nSPS) is 11.1. The van der Waals surface area contributed by atoms with Crippen molar-refractivity contribution >= 4 is 11.6 Å². The molecule has 0 aliphatic heterocycles. The molecule has 2 aromatic carbocycles. The molecule has 27 heavy (non-hydrogen) atoms. The molecule has 0 atom stereocenters. The Morgan fingerprint density at radius 2 is 1.96 bits per heavy atom. The van der Waals surface area contributed by atoms with E-state index in [0.717, 1.165) is 11.4 Å². The molecular formula is C20H19FN4O2. The molecule has 1 aromatic heterocycles. The first-order chi connectivity index (χ1) is 13.1. The number of aliphatic imine (C=N–C) groups is 1. The summed E-state index contributed by atoms with van der Waals surface area (Å²) in [4.78, 5) is 8.15. The predicted molar refractivity (Wildman–Crippen MR) is 103 cm³/mol. The van der Waals surface area contributed by atoms with Crippen LogP contribution in [0.4, 0.5) is 10.1 Å². The second-order valence-corrected chi connectivity index (χ2v) is 5.61. The fraction of sp³-hybridized carbons (Fsp3) is 0.100. The number of nitrogens with two attached hydrogens (primary N) is 1. The number of benzene rings is 2. The number of ether oxygens (including phenoxy) is 2. The molecule has 3 aromatic rings. The summed E-state index contributed by atoms with van der Waals surface area (Å²) in [6, 6.07) is 15.4. The Kier molecular flexibility index (Phi) is 5.84. The van der Waals surface area contributed by atoms with Crippen molar-refractivity contribution in [1.29, 1.82) is 0 Å². The molecule has 0 spiro atoms. The number of guanidine groups is 1. The highest BCUT2D eigenvalue weighted by atomic mass is 19.1. The molecule has 0 unspecified atom stereocenters. The maximum absolute atomic E-state index is 14.2. The van der Waals surface area contributed by atoms with Crippen molar-refractivity contribution in [3.63, 3.8) is 0 Å². The smallest absolute Gasteiger partial charge is 0.193 e. The molecule has 0 aliphatic carbocycles. The van der Waals surface area contributed by atoms with Crippen LogP contribution in [0.15, 0.2) is 72.0 Å². The zero-order chi connectivity index (χ0) is 19.1. The highest BCUT2D eigenvalue weighted by Gasteiger charge is 2.06. The average Bonchev–Trinajstić information content (AvgIpc) is 2.70. The van der Waals surface area contributed by atoms with E-state index in [0.29, 0.717) is 11.3 Å². The second-order valence-electron chi connectivity index (χ2n) is 5.61. The molecule has 0 bridgehead atoms. The Morgan fingerprint density at radius 1 is 1.15 bits per heavy atom. The standard InChI is InChI=1S/C20H19FN4O2/c1-26-16-7-5-15(6-8-16)25-20(22)24-12-14-4-9-19(18(21)11-14)27-17-3-2-10-23-13-17/h2-11,13H,12H2,1H3,(H3,22,24,25). The van der Waals surface area contributed by atoms with Crippen molar-refractivity contribution in [2.75, 3.05) is 12.4 Å². The van der Waals surface area contributed by atoms with Gasteiger partial charge in [-0.15, -0.1) is 0 Å². The van der Waals surface area contributed by atoms with Crippen LogP contribution in [0.25, 0.3) is 0 Å². The van der Waals surface area contributed by atoms with E-state index < -0.39 is 5.82 Å². The Labute approximate surface area is 156 Å². The molecule has 7 heteroatoms. The highest BCUT2D eigenvalue weighted by Crippen LogP contribution is 2.24. The lowest BCUT2D eigenvalue weighted by Gasteiger charge is -2.08. The first-order valence-electron chi connectivity index (χ1n) is 8.21. The number of halogens is 1. The van der Waals surface area contributed by atoms with Crippen molar-refractivity contribution in [3.8, 4) is 17.2 Å². The predicted octanol–water partition coefficient (Wildman–Crippen LogP) is 3.95. The van der Waals surface area contributed by atoms with Crippen LogP contribution in [-0.4, -0.2) is 18.1 Å². The topological polar surface area (TPSA) is 81.8 Å². The maximum atomic E-state index is 14.2. The summed E-state index contributed by atoms with van der Waals surface area (Å²) in [5.41, 5.74) is 7.33. The van der Waals surface area contributed by atoms with Crippen molar-refractivity contribution in [2.24, 2.45) is 10.7 Å². The van der Waals surface area contributed by atoms with Gasteiger partial charge >= 0.3 is 0 Å². The number of hydrogen-bond acceptors (Lipinski definition) is 4. The zero-order valence-corrected chi connectivity index (χ0v) is 14.7. The summed E-state index contributed by atoms with van der Waals surface area (Å²) < 4.78 is 24.8. The van der Waals surface area contributed by atoms with E-state index >= 15 is 0 Å². The lowest BCUT2D eigenvalue weighted by molar-refractivity contribution is 0.415. The third kappa shape index (κ3) is 5.18. The molecule has 3 N–H and O–H groups in total. The van der Waals surface area contributed by atoms with Crippen LogP contribution in [-0.2, 0) is 6.54 Å². The monoisotopic (exact) mass is 366 g/mol. The van der Waals surface area contributed by atoms with Gasteiger partial charge in [-0.3, -0.25) is 4.98 Å². The first kappa shape index (κ1) is 18.2. The Hall–Kier alpha value is -3.61. The lowest BCUT2D eigenvalue weighted by Crippen LogP contribution is -2.22. The lowest BCUT2D eigenvalue weighted by atomic mass is 10.2. The van der Waals surface area contributed by atoms with Gasteiger partial charge < -0.3 is 20.5 Å². The van der Waals surface area contributed by atoms with Crippen LogP contribution in [0.5, 0.6) is 17.2 Å². The summed E-state index contributed by atoms with van der Waals surface area (Å²) in [5, 5.41) is 2.97. The molecule has 0 fully saturated rings. The van der Waals surface area contributed by atoms with E-state index in [-0.39, 0.29) is 18.3 Å². The molecule has 1 heterocycles. The Balaban J connectivity index is 1.61. The SMILES string of the molecule is COc1ccc(NC(N)=NCc2ccc(Oc3cccnc3)c(F)c2)cc1. The molecule has 0 saturated heterocycles. The minimum absolute atomic E-state index is 0.125. The van der Waals surface area contributed by atoms with E-state index in [2.05, 4.69) is 15.3 Å². The Morgan fingerprint density at radius 3 is 2.63 bits per heavy atom. The maximum Gasteiger partial charge on any atom is 0.193 e. The number of aromatic nitrogens is 1. The number of methoxy groups -OCH3 is 1. The van der Waals surface area contributed by atoms with Crippen molar-refractivity contribution < 1.29 is 13.9 Å². The van der Waals surface area contributed by atoms with Crippen LogP contribution >= 0.6 is 0 Å². The number of nitrogens with zero attached hydrogens (tertiary/aromatic N) is 2. The summed E-state index contributed by atoms with van der Waals surface area (Å²) in [7, 11) is 1.60. The number of pyridine rings is 1. The van der Waals surface area contributed by atoms with E-state index in [4.69, 9.17) is 15.2 Å². The number of anilines is 1. The number of rotatable bonds is 6. The van der Waals surface area contributed by atoms with Gasteiger partial charge in [0.1, 0.15) is 11.5 Å². The van der Waals surface area contributed by atoms with Gasteiger partial charge in [0.15, 0.2) is 17.5 Å². The summed E-state index contributed by atoms with van der Waals surface area (Å²) in [6.45, 7) is 0.235. The van der Waals surface area contributed by atoms with Crippen molar-refractivity contribution in [1.82, 2.24) is 4.98 Å². The van der Waals surface area contributed by atoms with Crippen LogP contribution in [0.3, 0.4) is 0 Å². The van der Waals surface area contributed by atoms with Crippen LogP contribution in [0.1, 0.15) is 5.56 Å². The van der Waals surface area contributed by atoms with Gasteiger partial charge in [-0.2, -0.15) is 0 Å². The summed E-state index contributed by atoms with van der Waals surface area (Å²) in [5.74, 6) is 1.10. The van der Waals surface area contributed by atoms with Crippen LogP contribution < -0.4 is 20.5 Å². The van der Waals surface area contributed by atoms with E-state index in [1.54, 1.807) is 37.6 Å². The molecule has 3 rings (SSSR count). The fourth-order valence-corrected chi connectivity index (χ4v) is 2.30. The van der Waals surface area contributed by atoms with Gasteiger partial charge in [-0.1, -0.05) is 6.07 Å². The summed E-state index contributed by atoms with van der Waals surface area (Å²) in [6.07, 6.45) is 3.14. The minimum atomic E-state index is -0.478. The molecule has 138 valence electrons. The van der Waals surface area contributed by atoms with Gasteiger partial charge in [-0.25, -0.2) is 9.38 Å². The Bertz CT molecular complexity index is 915. The van der Waals surface area contributed by atoms with Crippen LogP contribution in [0.2, 0.25) is 0 Å². The highest BCUT2D eigenvalue weighted by molar-refractivity contribution is 5.92. The van der Waals surface area contributed by atoms with Crippen molar-refractivity contribution in [2.45, 2.75) is 6.54 Å². The van der Waals surface area contributed by atoms with Gasteiger partial charge in [0.05, 0.1) is 19.9 Å². The number of nitrogens with one attached hydrogen (secondary N) is 1. The third-order valence-corrected chi connectivity index (χ3v) is 3.65. The van der Waals surface area contributed by atoms with Gasteiger partial charge in [-0.05, 0) is 54.1 Å². The van der Waals surface area contributed by atoms with Crippen LogP contribution in [0, 0.1) is 5.82 Å². The summed E-state index contributed by atoms with van der Waals surface area (Å²) >= 11 is 0. The van der Waals surface area contributed by atoms with Crippen molar-refractivity contribution in [3.05, 3.63) is 78.4 Å². The van der Waals surface area contributed by atoms with E-state index in [1.165, 1.54) is 12.3 Å². The van der Waals surface area contributed by atoms with Gasteiger partial charge in [0.2, 0.25) is 0 Å². The average molecular weight is 366 g/mol. The quantitative estimate of drug-likeness (QED) is 0.510. The first-order valence-corrected chi connectivity index (χ1v) is 8.21. The largest absolute Gasteiger partial charge is 0.497 e. The molecule has 0 amide bonds. The number of hydrogen-bond donors (Lipinski definition) is 2. The molecule has 6 nitrogen and oxygen atoms in total.